The third-order valence-corrected chi connectivity index (χ3v) is 4.75. The van der Waals surface area contributed by atoms with E-state index in [1.165, 1.54) is 31.0 Å². The van der Waals surface area contributed by atoms with Crippen LogP contribution in [0.2, 0.25) is 0 Å². The summed E-state index contributed by atoms with van der Waals surface area (Å²) < 4.78 is 0. The van der Waals surface area contributed by atoms with E-state index in [4.69, 9.17) is 0 Å². The summed E-state index contributed by atoms with van der Waals surface area (Å²) >= 11 is 1.50. The van der Waals surface area contributed by atoms with Crippen LogP contribution in [0.1, 0.15) is 36.5 Å². The van der Waals surface area contributed by atoms with Crippen molar-refractivity contribution in [3.63, 3.8) is 0 Å². The van der Waals surface area contributed by atoms with Crippen LogP contribution in [0.25, 0.3) is 0 Å². The number of thioether (sulfide) groups is 1. The molecule has 104 valence electrons. The predicted molar refractivity (Wildman–Crippen MR) is 80.4 cm³/mol. The van der Waals surface area contributed by atoms with Crippen molar-refractivity contribution in [1.29, 1.82) is 0 Å². The first-order chi connectivity index (χ1) is 9.17. The number of carboxylic acid groups (broad SMARTS) is 1. The Balaban J connectivity index is 2.27. The molecule has 1 N–H and O–H groups in total. The number of carbonyl (C=O) groups is 1. The van der Waals surface area contributed by atoms with Crippen LogP contribution < -0.4 is 4.90 Å². The SMILES string of the molecule is CCC1CCN(c2cccc(SC)c2C(=O)O)CC1. The van der Waals surface area contributed by atoms with Gasteiger partial charge in [-0.15, -0.1) is 11.8 Å². The highest BCUT2D eigenvalue weighted by Gasteiger charge is 2.23. The Morgan fingerprint density at radius 2 is 2.11 bits per heavy atom. The lowest BCUT2D eigenvalue weighted by atomic mass is 9.94. The van der Waals surface area contributed by atoms with E-state index in [-0.39, 0.29) is 0 Å². The molecular weight excluding hydrogens is 258 g/mol. The number of anilines is 1. The minimum atomic E-state index is -0.822. The van der Waals surface area contributed by atoms with Crippen molar-refractivity contribution in [2.24, 2.45) is 5.92 Å². The van der Waals surface area contributed by atoms with E-state index in [9.17, 15) is 9.90 Å². The maximum absolute atomic E-state index is 11.5. The molecule has 4 heteroatoms. The van der Waals surface area contributed by atoms with Gasteiger partial charge in [0.25, 0.3) is 0 Å². The lowest BCUT2D eigenvalue weighted by Crippen LogP contribution is -2.34. The zero-order valence-electron chi connectivity index (χ0n) is 11.6. The van der Waals surface area contributed by atoms with Crippen LogP contribution in [0.4, 0.5) is 5.69 Å². The Morgan fingerprint density at radius 1 is 1.42 bits per heavy atom. The molecule has 0 aliphatic carbocycles. The molecule has 0 atom stereocenters. The largest absolute Gasteiger partial charge is 0.478 e. The average Bonchev–Trinajstić information content (AvgIpc) is 2.46. The molecule has 1 fully saturated rings. The maximum Gasteiger partial charge on any atom is 0.338 e. The van der Waals surface area contributed by atoms with E-state index in [0.29, 0.717) is 5.56 Å². The summed E-state index contributed by atoms with van der Waals surface area (Å²) in [4.78, 5) is 14.6. The van der Waals surface area contributed by atoms with Gasteiger partial charge in [-0.05, 0) is 37.1 Å². The second-order valence-corrected chi connectivity index (χ2v) is 5.85. The zero-order chi connectivity index (χ0) is 13.8. The summed E-state index contributed by atoms with van der Waals surface area (Å²) in [6.07, 6.45) is 5.48. The molecule has 0 aromatic heterocycles. The van der Waals surface area contributed by atoms with E-state index in [2.05, 4.69) is 11.8 Å². The smallest absolute Gasteiger partial charge is 0.338 e. The van der Waals surface area contributed by atoms with Gasteiger partial charge < -0.3 is 10.0 Å². The Hall–Kier alpha value is -1.16. The number of nitrogens with zero attached hydrogens (tertiary/aromatic N) is 1. The van der Waals surface area contributed by atoms with Gasteiger partial charge in [0.05, 0.1) is 11.3 Å². The fourth-order valence-corrected chi connectivity index (χ4v) is 3.36. The van der Waals surface area contributed by atoms with Gasteiger partial charge in [-0.1, -0.05) is 19.4 Å². The van der Waals surface area contributed by atoms with E-state index < -0.39 is 5.97 Å². The van der Waals surface area contributed by atoms with Gasteiger partial charge in [0.2, 0.25) is 0 Å². The summed E-state index contributed by atoms with van der Waals surface area (Å²) in [5.41, 5.74) is 1.35. The van der Waals surface area contributed by atoms with Crippen LogP contribution in [-0.4, -0.2) is 30.4 Å². The number of carboxylic acids is 1. The van der Waals surface area contributed by atoms with E-state index in [1.807, 2.05) is 24.5 Å². The number of aromatic carboxylic acids is 1. The predicted octanol–water partition coefficient (Wildman–Crippen LogP) is 3.73. The Kier molecular flexibility index (Phi) is 4.75. The summed E-state index contributed by atoms with van der Waals surface area (Å²) in [5.74, 6) is -0.0224. The van der Waals surface area contributed by atoms with Crippen LogP contribution in [-0.2, 0) is 0 Å². The third-order valence-electron chi connectivity index (χ3n) is 3.97. The summed E-state index contributed by atoms with van der Waals surface area (Å²) in [6, 6.07) is 5.78. The van der Waals surface area contributed by atoms with Crippen molar-refractivity contribution in [3.05, 3.63) is 23.8 Å². The number of hydrogen-bond acceptors (Lipinski definition) is 3. The second kappa shape index (κ2) is 6.33. The Morgan fingerprint density at radius 3 is 2.63 bits per heavy atom. The average molecular weight is 279 g/mol. The summed E-state index contributed by atoms with van der Waals surface area (Å²) in [6.45, 7) is 4.17. The molecule has 1 aromatic carbocycles. The lowest BCUT2D eigenvalue weighted by Gasteiger charge is -2.34. The molecule has 0 saturated carbocycles. The van der Waals surface area contributed by atoms with Gasteiger partial charge in [0.15, 0.2) is 0 Å². The number of benzene rings is 1. The van der Waals surface area contributed by atoms with E-state index in [1.54, 1.807) is 0 Å². The van der Waals surface area contributed by atoms with Crippen molar-refractivity contribution in [2.75, 3.05) is 24.2 Å². The normalized spacial score (nSPS) is 16.6. The van der Waals surface area contributed by atoms with Crippen molar-refractivity contribution in [1.82, 2.24) is 0 Å². The molecule has 2 rings (SSSR count). The van der Waals surface area contributed by atoms with Crippen molar-refractivity contribution < 1.29 is 9.90 Å². The third kappa shape index (κ3) is 3.06. The van der Waals surface area contributed by atoms with Crippen LogP contribution in [0.5, 0.6) is 0 Å². The first kappa shape index (κ1) is 14.3. The highest BCUT2D eigenvalue weighted by molar-refractivity contribution is 7.98. The van der Waals surface area contributed by atoms with Crippen molar-refractivity contribution >= 4 is 23.4 Å². The molecule has 0 amide bonds. The zero-order valence-corrected chi connectivity index (χ0v) is 12.4. The van der Waals surface area contributed by atoms with E-state index >= 15 is 0 Å². The molecule has 1 heterocycles. The summed E-state index contributed by atoms with van der Waals surface area (Å²) in [5, 5.41) is 9.47. The van der Waals surface area contributed by atoms with Gasteiger partial charge in [-0.25, -0.2) is 4.79 Å². The maximum atomic E-state index is 11.5. The quantitative estimate of drug-likeness (QED) is 0.853. The summed E-state index contributed by atoms with van der Waals surface area (Å²) in [7, 11) is 0. The van der Waals surface area contributed by atoms with Crippen LogP contribution in [0.15, 0.2) is 23.1 Å². The minimum Gasteiger partial charge on any atom is -0.478 e. The topological polar surface area (TPSA) is 40.5 Å². The van der Waals surface area contributed by atoms with Gasteiger partial charge in [0.1, 0.15) is 0 Å². The standard InChI is InChI=1S/C15H21NO2S/c1-3-11-7-9-16(10-8-11)12-5-4-6-13(19-2)14(12)15(17)18/h4-6,11H,3,7-10H2,1-2H3,(H,17,18). The molecule has 0 unspecified atom stereocenters. The first-order valence-electron chi connectivity index (χ1n) is 6.82. The van der Waals surface area contributed by atoms with Crippen LogP contribution >= 0.6 is 11.8 Å². The monoisotopic (exact) mass is 279 g/mol. The number of piperidine rings is 1. The number of hydrogen-bond donors (Lipinski definition) is 1. The molecule has 0 radical (unpaired) electrons. The van der Waals surface area contributed by atoms with Gasteiger partial charge in [-0.3, -0.25) is 0 Å². The Labute approximate surface area is 119 Å². The van der Waals surface area contributed by atoms with Crippen molar-refractivity contribution in [2.45, 2.75) is 31.1 Å². The van der Waals surface area contributed by atoms with E-state index in [0.717, 1.165) is 29.6 Å². The van der Waals surface area contributed by atoms with Crippen molar-refractivity contribution in [3.8, 4) is 0 Å². The molecule has 1 aromatic rings. The van der Waals surface area contributed by atoms with Crippen LogP contribution in [0, 0.1) is 5.92 Å². The highest BCUT2D eigenvalue weighted by Crippen LogP contribution is 2.32. The minimum absolute atomic E-state index is 0.463. The molecular formula is C15H21NO2S. The molecule has 1 aliphatic rings. The number of rotatable bonds is 4. The second-order valence-electron chi connectivity index (χ2n) is 5.00. The van der Waals surface area contributed by atoms with Gasteiger partial charge in [0, 0.05) is 18.0 Å². The fraction of sp³-hybridized carbons (Fsp3) is 0.533. The molecule has 0 bridgehead atoms. The molecule has 0 spiro atoms. The molecule has 1 aliphatic heterocycles. The first-order valence-corrected chi connectivity index (χ1v) is 8.05. The Bertz CT molecular complexity index is 453. The van der Waals surface area contributed by atoms with Gasteiger partial charge >= 0.3 is 5.97 Å². The molecule has 1 saturated heterocycles. The molecule has 3 nitrogen and oxygen atoms in total. The van der Waals surface area contributed by atoms with Gasteiger partial charge in [-0.2, -0.15) is 0 Å². The lowest BCUT2D eigenvalue weighted by molar-refractivity contribution is 0.0693. The highest BCUT2D eigenvalue weighted by atomic mass is 32.2. The fourth-order valence-electron chi connectivity index (χ4n) is 2.75. The molecule has 19 heavy (non-hydrogen) atoms. The van der Waals surface area contributed by atoms with Crippen LogP contribution in [0.3, 0.4) is 0 Å².